The monoisotopic (exact) mass is 477 g/mol. The highest BCUT2D eigenvalue weighted by molar-refractivity contribution is 5.56. The SMILES string of the molecule is Cc1cccc(-c2nccc(Nc3ccnc(Cc4ccc(CN5C[C@@H]6CC[C@@H](C6)C5)cc4)n3)n2)n1. The normalized spacial score (nSPS) is 19.4. The fourth-order valence-corrected chi connectivity index (χ4v) is 5.55. The van der Waals surface area contributed by atoms with E-state index in [0.717, 1.165) is 35.6 Å². The van der Waals surface area contributed by atoms with Gasteiger partial charge in [0.2, 0.25) is 0 Å². The largest absolute Gasteiger partial charge is 0.325 e. The zero-order valence-electron chi connectivity index (χ0n) is 20.6. The molecule has 0 amide bonds. The van der Waals surface area contributed by atoms with Gasteiger partial charge in [-0.1, -0.05) is 30.3 Å². The molecule has 3 aromatic heterocycles. The van der Waals surface area contributed by atoms with Crippen LogP contribution < -0.4 is 5.32 Å². The first-order valence-corrected chi connectivity index (χ1v) is 12.8. The van der Waals surface area contributed by atoms with Crippen molar-refractivity contribution in [2.75, 3.05) is 18.4 Å². The minimum Gasteiger partial charge on any atom is -0.325 e. The number of aryl methyl sites for hydroxylation is 1. The van der Waals surface area contributed by atoms with Gasteiger partial charge in [-0.3, -0.25) is 4.90 Å². The Morgan fingerprint density at radius 2 is 1.53 bits per heavy atom. The van der Waals surface area contributed by atoms with Gasteiger partial charge in [-0.25, -0.2) is 24.9 Å². The van der Waals surface area contributed by atoms with E-state index in [1.54, 1.807) is 12.4 Å². The van der Waals surface area contributed by atoms with Crippen molar-refractivity contribution in [3.63, 3.8) is 0 Å². The molecular weight excluding hydrogens is 446 g/mol. The van der Waals surface area contributed by atoms with Crippen LogP contribution in [-0.4, -0.2) is 42.9 Å². The van der Waals surface area contributed by atoms with Crippen LogP contribution in [0.5, 0.6) is 0 Å². The molecule has 1 N–H and O–H groups in total. The molecule has 1 aliphatic carbocycles. The molecule has 1 aromatic carbocycles. The number of fused-ring (bicyclic) bond motifs is 2. The number of nitrogens with zero attached hydrogens (tertiary/aromatic N) is 6. The number of hydrogen-bond donors (Lipinski definition) is 1. The number of rotatable bonds is 7. The number of aromatic nitrogens is 5. The highest BCUT2D eigenvalue weighted by Crippen LogP contribution is 2.36. The lowest BCUT2D eigenvalue weighted by Gasteiger charge is -2.31. The van der Waals surface area contributed by atoms with Crippen LogP contribution in [0.25, 0.3) is 11.5 Å². The van der Waals surface area contributed by atoms with Crippen molar-refractivity contribution in [2.45, 2.75) is 39.2 Å². The van der Waals surface area contributed by atoms with Gasteiger partial charge < -0.3 is 5.32 Å². The molecule has 7 nitrogen and oxygen atoms in total. The fourth-order valence-electron chi connectivity index (χ4n) is 5.55. The highest BCUT2D eigenvalue weighted by Gasteiger charge is 2.32. The maximum Gasteiger partial charge on any atom is 0.180 e. The van der Waals surface area contributed by atoms with Gasteiger partial charge in [-0.2, -0.15) is 0 Å². The molecule has 4 aromatic rings. The summed E-state index contributed by atoms with van der Waals surface area (Å²) >= 11 is 0. The molecule has 1 aliphatic heterocycles. The molecule has 0 radical (unpaired) electrons. The second-order valence-electron chi connectivity index (χ2n) is 10.1. The number of nitrogens with one attached hydrogen (secondary N) is 1. The van der Waals surface area contributed by atoms with Gasteiger partial charge in [0, 0.05) is 44.1 Å². The third-order valence-corrected chi connectivity index (χ3v) is 7.21. The molecule has 1 saturated heterocycles. The van der Waals surface area contributed by atoms with E-state index in [9.17, 15) is 0 Å². The molecule has 2 bridgehead atoms. The van der Waals surface area contributed by atoms with Crippen LogP contribution in [0.4, 0.5) is 11.6 Å². The topological polar surface area (TPSA) is 79.7 Å². The molecule has 36 heavy (non-hydrogen) atoms. The molecule has 182 valence electrons. The average Bonchev–Trinajstić information content (AvgIpc) is 3.23. The van der Waals surface area contributed by atoms with Gasteiger partial charge in [0.05, 0.1) is 0 Å². The van der Waals surface area contributed by atoms with Crippen LogP contribution in [0, 0.1) is 18.8 Å². The van der Waals surface area contributed by atoms with E-state index in [0.29, 0.717) is 23.9 Å². The number of pyridine rings is 1. The Morgan fingerprint density at radius 3 is 2.31 bits per heavy atom. The van der Waals surface area contributed by atoms with Crippen molar-refractivity contribution in [3.8, 4) is 11.5 Å². The van der Waals surface area contributed by atoms with Gasteiger partial charge in [-0.05, 0) is 73.4 Å². The molecule has 2 aliphatic rings. The number of anilines is 2. The Hall–Kier alpha value is -3.71. The summed E-state index contributed by atoms with van der Waals surface area (Å²) in [6.45, 7) is 5.55. The van der Waals surface area contributed by atoms with Crippen molar-refractivity contribution in [1.82, 2.24) is 29.8 Å². The van der Waals surface area contributed by atoms with E-state index in [2.05, 4.69) is 54.4 Å². The van der Waals surface area contributed by atoms with Crippen LogP contribution in [0.15, 0.2) is 67.0 Å². The van der Waals surface area contributed by atoms with Crippen LogP contribution in [0.3, 0.4) is 0 Å². The zero-order chi connectivity index (χ0) is 24.3. The fraction of sp³-hybridized carbons (Fsp3) is 0.345. The van der Waals surface area contributed by atoms with Gasteiger partial charge >= 0.3 is 0 Å². The standard InChI is InChI=1S/C29H31N7/c1-20-3-2-4-25(32-20)29-31-14-12-27(35-29)33-26-11-13-30-28(34-26)16-21-5-7-22(8-6-21)17-36-18-23-9-10-24(15-23)19-36/h2-8,11-14,23-24H,9-10,15-19H2,1H3,(H,30,31,33,34,35)/t23-,24+. The maximum atomic E-state index is 4.71. The minimum absolute atomic E-state index is 0.579. The predicted molar refractivity (Wildman–Crippen MR) is 141 cm³/mol. The molecule has 2 atom stereocenters. The van der Waals surface area contributed by atoms with Crippen molar-refractivity contribution < 1.29 is 0 Å². The number of hydrogen-bond acceptors (Lipinski definition) is 7. The number of likely N-dealkylation sites (tertiary alicyclic amines) is 1. The van der Waals surface area contributed by atoms with E-state index in [4.69, 9.17) is 4.98 Å². The van der Waals surface area contributed by atoms with E-state index >= 15 is 0 Å². The molecule has 4 heterocycles. The average molecular weight is 478 g/mol. The van der Waals surface area contributed by atoms with E-state index < -0.39 is 0 Å². The Balaban J connectivity index is 1.09. The number of benzene rings is 1. The zero-order valence-corrected chi connectivity index (χ0v) is 20.6. The lowest BCUT2D eigenvalue weighted by molar-refractivity contribution is 0.161. The number of piperidine rings is 1. The van der Waals surface area contributed by atoms with Crippen molar-refractivity contribution in [1.29, 1.82) is 0 Å². The molecule has 0 unspecified atom stereocenters. The summed E-state index contributed by atoms with van der Waals surface area (Å²) in [5.74, 6) is 4.58. The summed E-state index contributed by atoms with van der Waals surface area (Å²) in [4.78, 5) is 25.4. The highest BCUT2D eigenvalue weighted by atomic mass is 15.1. The third kappa shape index (κ3) is 5.41. The van der Waals surface area contributed by atoms with E-state index in [1.807, 2.05) is 37.3 Å². The summed E-state index contributed by atoms with van der Waals surface area (Å²) in [7, 11) is 0. The Bertz CT molecular complexity index is 1330. The molecule has 1 saturated carbocycles. The van der Waals surface area contributed by atoms with Gasteiger partial charge in [0.1, 0.15) is 23.2 Å². The quantitative estimate of drug-likeness (QED) is 0.392. The Morgan fingerprint density at radius 1 is 0.806 bits per heavy atom. The summed E-state index contributed by atoms with van der Waals surface area (Å²) in [6.07, 6.45) is 8.51. The Kier molecular flexibility index (Phi) is 6.38. The summed E-state index contributed by atoms with van der Waals surface area (Å²) in [6, 6.07) is 18.5. The first-order valence-electron chi connectivity index (χ1n) is 12.8. The molecule has 6 rings (SSSR count). The lowest BCUT2D eigenvalue weighted by Crippen LogP contribution is -2.35. The predicted octanol–water partition coefficient (Wildman–Crippen LogP) is 5.20. The Labute approximate surface area is 212 Å². The van der Waals surface area contributed by atoms with Crippen LogP contribution >= 0.6 is 0 Å². The minimum atomic E-state index is 0.579. The molecule has 7 heteroatoms. The second kappa shape index (κ2) is 10.1. The van der Waals surface area contributed by atoms with Crippen LogP contribution in [0.2, 0.25) is 0 Å². The molecule has 0 spiro atoms. The van der Waals surface area contributed by atoms with E-state index in [-0.39, 0.29) is 0 Å². The van der Waals surface area contributed by atoms with Crippen molar-refractivity contribution in [2.24, 2.45) is 11.8 Å². The summed E-state index contributed by atoms with van der Waals surface area (Å²) in [5, 5.41) is 3.29. The van der Waals surface area contributed by atoms with Crippen LogP contribution in [-0.2, 0) is 13.0 Å². The van der Waals surface area contributed by atoms with Crippen molar-refractivity contribution >= 4 is 11.6 Å². The summed E-state index contributed by atoms with van der Waals surface area (Å²) in [5.41, 5.74) is 4.28. The van der Waals surface area contributed by atoms with Crippen molar-refractivity contribution in [3.05, 3.63) is 89.6 Å². The smallest absolute Gasteiger partial charge is 0.180 e. The summed E-state index contributed by atoms with van der Waals surface area (Å²) < 4.78 is 0. The lowest BCUT2D eigenvalue weighted by atomic mass is 9.98. The van der Waals surface area contributed by atoms with Gasteiger partial charge in [-0.15, -0.1) is 0 Å². The van der Waals surface area contributed by atoms with E-state index in [1.165, 1.54) is 43.5 Å². The third-order valence-electron chi connectivity index (χ3n) is 7.21. The van der Waals surface area contributed by atoms with Gasteiger partial charge in [0.25, 0.3) is 0 Å². The van der Waals surface area contributed by atoms with Crippen LogP contribution in [0.1, 0.15) is 41.9 Å². The maximum absolute atomic E-state index is 4.71. The molecule has 2 fully saturated rings. The second-order valence-corrected chi connectivity index (χ2v) is 10.1. The molecular formula is C29H31N7. The first kappa shape index (κ1) is 22.7. The first-order chi connectivity index (χ1) is 17.7. The van der Waals surface area contributed by atoms with Gasteiger partial charge in [0.15, 0.2) is 5.82 Å².